The van der Waals surface area contributed by atoms with Gasteiger partial charge in [-0.25, -0.2) is 13.2 Å². The first-order valence-corrected chi connectivity index (χ1v) is 9.45. The van der Waals surface area contributed by atoms with Crippen molar-refractivity contribution in [3.8, 4) is 0 Å². The van der Waals surface area contributed by atoms with E-state index >= 15 is 0 Å². The number of anilines is 2. The number of benzene rings is 2. The molecule has 0 spiro atoms. The lowest BCUT2D eigenvalue weighted by Gasteiger charge is -2.19. The van der Waals surface area contributed by atoms with Gasteiger partial charge in [-0.05, 0) is 31.5 Å². The van der Waals surface area contributed by atoms with Gasteiger partial charge in [0.25, 0.3) is 6.43 Å². The number of ether oxygens (including phenoxy) is 1. The van der Waals surface area contributed by atoms with E-state index in [1.165, 1.54) is 12.1 Å². The van der Waals surface area contributed by atoms with Crippen molar-refractivity contribution >= 4 is 22.3 Å². The zero-order valence-electron chi connectivity index (χ0n) is 15.8. The van der Waals surface area contributed by atoms with Crippen molar-refractivity contribution in [2.75, 3.05) is 23.8 Å². The average Bonchev–Trinajstić information content (AvgIpc) is 3.21. The zero-order valence-corrected chi connectivity index (χ0v) is 15.8. The number of halogens is 3. The molecule has 0 saturated carbocycles. The Morgan fingerprint density at radius 2 is 2.00 bits per heavy atom. The van der Waals surface area contributed by atoms with Crippen LogP contribution in [0.1, 0.15) is 36.9 Å². The van der Waals surface area contributed by atoms with Crippen LogP contribution in [0.25, 0.3) is 10.9 Å². The van der Waals surface area contributed by atoms with Gasteiger partial charge in [0.15, 0.2) is 0 Å². The third kappa shape index (κ3) is 4.12. The molecule has 0 bridgehead atoms. The molecule has 2 atom stereocenters. The fraction of sp³-hybridized carbons (Fsp3) is 0.333. The summed E-state index contributed by atoms with van der Waals surface area (Å²) in [4.78, 5) is 0. The molecule has 5 nitrogen and oxygen atoms in total. The van der Waals surface area contributed by atoms with Gasteiger partial charge in [-0.1, -0.05) is 18.2 Å². The molecule has 0 amide bonds. The predicted octanol–water partition coefficient (Wildman–Crippen LogP) is 5.08. The van der Waals surface area contributed by atoms with Crippen molar-refractivity contribution in [1.82, 2.24) is 10.2 Å². The third-order valence-electron chi connectivity index (χ3n) is 5.07. The number of hydrogen-bond acceptors (Lipinski definition) is 5. The molecule has 2 aromatic carbocycles. The SMILES string of the molecule is C[C@@H](Nc1cnnc2ccc(N[C@@H]3CCOC3)cc12)c1cccc(C(F)F)c1F. The molecule has 0 aliphatic carbocycles. The minimum absolute atomic E-state index is 0.171. The second kappa shape index (κ2) is 8.24. The number of nitrogens with zero attached hydrogens (tertiary/aromatic N) is 2. The normalized spacial score (nSPS) is 17.6. The Balaban J connectivity index is 1.62. The van der Waals surface area contributed by atoms with Gasteiger partial charge >= 0.3 is 0 Å². The van der Waals surface area contributed by atoms with E-state index in [-0.39, 0.29) is 11.6 Å². The molecule has 152 valence electrons. The van der Waals surface area contributed by atoms with Crippen molar-refractivity contribution in [3.05, 3.63) is 59.5 Å². The summed E-state index contributed by atoms with van der Waals surface area (Å²) in [6, 6.07) is 9.48. The first kappa shape index (κ1) is 19.4. The van der Waals surface area contributed by atoms with E-state index in [0.29, 0.717) is 17.8 Å². The van der Waals surface area contributed by atoms with Crippen LogP contribution in [0.2, 0.25) is 0 Å². The molecule has 1 aromatic heterocycles. The topological polar surface area (TPSA) is 59.1 Å². The minimum atomic E-state index is -2.86. The minimum Gasteiger partial charge on any atom is -0.380 e. The summed E-state index contributed by atoms with van der Waals surface area (Å²) in [5, 5.41) is 15.6. The Morgan fingerprint density at radius 3 is 2.76 bits per heavy atom. The summed E-state index contributed by atoms with van der Waals surface area (Å²) < 4.78 is 46.0. The molecule has 29 heavy (non-hydrogen) atoms. The number of fused-ring (bicyclic) bond motifs is 1. The van der Waals surface area contributed by atoms with E-state index < -0.39 is 23.8 Å². The van der Waals surface area contributed by atoms with Gasteiger partial charge in [0, 0.05) is 23.2 Å². The Morgan fingerprint density at radius 1 is 1.17 bits per heavy atom. The predicted molar refractivity (Wildman–Crippen MR) is 106 cm³/mol. The smallest absolute Gasteiger partial charge is 0.266 e. The molecule has 1 aliphatic heterocycles. The van der Waals surface area contributed by atoms with Crippen LogP contribution >= 0.6 is 0 Å². The summed E-state index contributed by atoms with van der Waals surface area (Å²) in [5.74, 6) is -0.891. The van der Waals surface area contributed by atoms with Crippen LogP contribution in [0.5, 0.6) is 0 Å². The molecule has 4 rings (SSSR count). The average molecular weight is 402 g/mol. The van der Waals surface area contributed by atoms with E-state index in [4.69, 9.17) is 4.74 Å². The van der Waals surface area contributed by atoms with Gasteiger partial charge in [0.2, 0.25) is 0 Å². The first-order chi connectivity index (χ1) is 14.0. The van der Waals surface area contributed by atoms with Gasteiger partial charge in [0.05, 0.1) is 41.7 Å². The maximum Gasteiger partial charge on any atom is 0.266 e. The monoisotopic (exact) mass is 402 g/mol. The highest BCUT2D eigenvalue weighted by molar-refractivity contribution is 5.92. The lowest BCUT2D eigenvalue weighted by atomic mass is 10.0. The van der Waals surface area contributed by atoms with E-state index in [1.54, 1.807) is 13.1 Å². The highest BCUT2D eigenvalue weighted by Crippen LogP contribution is 2.31. The first-order valence-electron chi connectivity index (χ1n) is 9.45. The Kier molecular flexibility index (Phi) is 5.53. The number of alkyl halides is 2. The van der Waals surface area contributed by atoms with Gasteiger partial charge in [0.1, 0.15) is 5.82 Å². The number of hydrogen-bond donors (Lipinski definition) is 2. The second-order valence-corrected chi connectivity index (χ2v) is 7.11. The quantitative estimate of drug-likeness (QED) is 0.602. The molecule has 0 radical (unpaired) electrons. The van der Waals surface area contributed by atoms with Gasteiger partial charge in [-0.15, -0.1) is 0 Å². The largest absolute Gasteiger partial charge is 0.380 e. The molecular formula is C21H21F3N4O. The Labute approximate surface area is 166 Å². The number of nitrogens with one attached hydrogen (secondary N) is 2. The lowest BCUT2D eigenvalue weighted by molar-refractivity contribution is 0.146. The standard InChI is InChI=1S/C21H21F3N4O/c1-12(15-3-2-4-16(20(15)22)21(23)24)26-19-10-25-28-18-6-5-13(9-17(18)19)27-14-7-8-29-11-14/h2-6,9-10,12,14,21,27H,7-8,11H2,1H3,(H,26,28)/t12-,14-/m1/s1. The summed E-state index contributed by atoms with van der Waals surface area (Å²) in [7, 11) is 0. The number of rotatable bonds is 6. The van der Waals surface area contributed by atoms with Gasteiger partial charge in [-0.3, -0.25) is 0 Å². The summed E-state index contributed by atoms with van der Waals surface area (Å²) in [6.07, 6.45) is -0.371. The maximum atomic E-state index is 14.5. The molecule has 8 heteroatoms. The highest BCUT2D eigenvalue weighted by atomic mass is 19.3. The van der Waals surface area contributed by atoms with Crippen molar-refractivity contribution < 1.29 is 17.9 Å². The van der Waals surface area contributed by atoms with Crippen LogP contribution < -0.4 is 10.6 Å². The van der Waals surface area contributed by atoms with Crippen LogP contribution in [0.4, 0.5) is 24.5 Å². The van der Waals surface area contributed by atoms with E-state index in [2.05, 4.69) is 20.8 Å². The molecule has 1 saturated heterocycles. The molecule has 2 N–H and O–H groups in total. The van der Waals surface area contributed by atoms with Crippen LogP contribution in [-0.4, -0.2) is 29.5 Å². The molecule has 2 heterocycles. The third-order valence-corrected chi connectivity index (χ3v) is 5.07. The van der Waals surface area contributed by atoms with Crippen LogP contribution in [0.15, 0.2) is 42.6 Å². The summed E-state index contributed by atoms with van der Waals surface area (Å²) in [5.41, 5.74) is 1.82. The van der Waals surface area contributed by atoms with Crippen LogP contribution in [0, 0.1) is 5.82 Å². The van der Waals surface area contributed by atoms with E-state index in [9.17, 15) is 13.2 Å². The zero-order chi connectivity index (χ0) is 20.4. The lowest BCUT2D eigenvalue weighted by Crippen LogP contribution is -2.18. The maximum absolute atomic E-state index is 14.5. The summed E-state index contributed by atoms with van der Waals surface area (Å²) in [6.45, 7) is 3.12. The van der Waals surface area contributed by atoms with Crippen LogP contribution in [0.3, 0.4) is 0 Å². The number of aromatic nitrogens is 2. The van der Waals surface area contributed by atoms with Gasteiger partial charge < -0.3 is 15.4 Å². The van der Waals surface area contributed by atoms with Crippen molar-refractivity contribution in [1.29, 1.82) is 0 Å². The summed E-state index contributed by atoms with van der Waals surface area (Å²) >= 11 is 0. The van der Waals surface area contributed by atoms with Crippen molar-refractivity contribution in [2.24, 2.45) is 0 Å². The molecule has 1 aliphatic rings. The molecule has 3 aromatic rings. The van der Waals surface area contributed by atoms with Crippen molar-refractivity contribution in [3.63, 3.8) is 0 Å². The molecule has 0 unspecified atom stereocenters. The van der Waals surface area contributed by atoms with E-state index in [1.807, 2.05) is 18.2 Å². The van der Waals surface area contributed by atoms with Crippen LogP contribution in [-0.2, 0) is 4.74 Å². The van der Waals surface area contributed by atoms with Gasteiger partial charge in [-0.2, -0.15) is 10.2 Å². The molecular weight excluding hydrogens is 381 g/mol. The van der Waals surface area contributed by atoms with E-state index in [0.717, 1.165) is 30.2 Å². The van der Waals surface area contributed by atoms with Crippen molar-refractivity contribution in [2.45, 2.75) is 31.9 Å². The fourth-order valence-electron chi connectivity index (χ4n) is 3.53. The fourth-order valence-corrected chi connectivity index (χ4v) is 3.53. The Hall–Kier alpha value is -2.87. The highest BCUT2D eigenvalue weighted by Gasteiger charge is 2.20. The molecule has 1 fully saturated rings. The Bertz CT molecular complexity index is 1010. The second-order valence-electron chi connectivity index (χ2n) is 7.11.